The van der Waals surface area contributed by atoms with Crippen molar-refractivity contribution in [1.29, 1.82) is 0 Å². The number of imidazole rings is 1. The normalized spacial score (nSPS) is 13.1. The Morgan fingerprint density at radius 2 is 2.06 bits per heavy atom. The average molecular weight is 260 g/mol. The van der Waals surface area contributed by atoms with Crippen LogP contribution in [0.2, 0.25) is 0 Å². The Kier molecular flexibility index (Phi) is 9.24. The standard InChI is InChI=1S/C8H16N2.C5H8N2.Na.H/c1-3-4-5-10-7-6-9(2)8-10;1-5-6-3-4-7(5)2;;/h6-7H,3-5,8H2,1-2H3;3-4H,1-2H3;;/q;;+1;-1. The molecule has 1 aromatic rings. The molecule has 98 valence electrons. The molecule has 5 heteroatoms. The third-order valence-corrected chi connectivity index (χ3v) is 2.80. The fourth-order valence-corrected chi connectivity index (χ4v) is 1.54. The van der Waals surface area contributed by atoms with E-state index in [1.807, 2.05) is 24.7 Å². The Morgan fingerprint density at radius 3 is 2.39 bits per heavy atom. The van der Waals surface area contributed by atoms with E-state index in [1.165, 1.54) is 19.4 Å². The first kappa shape index (κ1) is 17.6. The summed E-state index contributed by atoms with van der Waals surface area (Å²) in [4.78, 5) is 8.51. The van der Waals surface area contributed by atoms with E-state index >= 15 is 0 Å². The summed E-state index contributed by atoms with van der Waals surface area (Å²) in [6.45, 7) is 6.47. The molecule has 0 saturated carbocycles. The Hall–Kier alpha value is -0.450. The van der Waals surface area contributed by atoms with Gasteiger partial charge in [-0.05, 0) is 13.3 Å². The minimum atomic E-state index is 0. The Balaban J connectivity index is 0. The molecule has 0 saturated heterocycles. The summed E-state index contributed by atoms with van der Waals surface area (Å²) in [6.07, 6.45) is 10.6. The summed E-state index contributed by atoms with van der Waals surface area (Å²) in [6, 6.07) is 0. The second-order valence-corrected chi connectivity index (χ2v) is 4.45. The summed E-state index contributed by atoms with van der Waals surface area (Å²) in [5.74, 6) is 1.06. The van der Waals surface area contributed by atoms with Crippen molar-refractivity contribution in [1.82, 2.24) is 19.4 Å². The van der Waals surface area contributed by atoms with E-state index in [9.17, 15) is 0 Å². The zero-order valence-electron chi connectivity index (χ0n) is 13.4. The van der Waals surface area contributed by atoms with Crippen molar-refractivity contribution in [3.8, 4) is 0 Å². The summed E-state index contributed by atoms with van der Waals surface area (Å²) in [5, 5.41) is 0. The quantitative estimate of drug-likeness (QED) is 0.672. The molecule has 0 bridgehead atoms. The predicted octanol–water partition coefficient (Wildman–Crippen LogP) is -0.692. The van der Waals surface area contributed by atoms with E-state index in [1.54, 1.807) is 6.20 Å². The molecule has 0 fully saturated rings. The first-order valence-corrected chi connectivity index (χ1v) is 6.20. The van der Waals surface area contributed by atoms with Crippen LogP contribution in [-0.2, 0) is 7.05 Å². The summed E-state index contributed by atoms with van der Waals surface area (Å²) >= 11 is 0. The Morgan fingerprint density at radius 1 is 1.33 bits per heavy atom. The molecular formula is C13H25N4Na. The van der Waals surface area contributed by atoms with E-state index in [0.717, 1.165) is 12.5 Å². The molecule has 0 unspecified atom stereocenters. The van der Waals surface area contributed by atoms with Crippen molar-refractivity contribution in [2.75, 3.05) is 20.3 Å². The van der Waals surface area contributed by atoms with Crippen LogP contribution in [0, 0.1) is 6.92 Å². The first-order valence-electron chi connectivity index (χ1n) is 6.20. The van der Waals surface area contributed by atoms with Gasteiger partial charge in [-0.25, -0.2) is 4.98 Å². The third kappa shape index (κ3) is 6.47. The van der Waals surface area contributed by atoms with E-state index in [0.29, 0.717) is 0 Å². The van der Waals surface area contributed by atoms with Crippen molar-refractivity contribution >= 4 is 0 Å². The molecule has 0 aromatic carbocycles. The van der Waals surface area contributed by atoms with Crippen LogP contribution in [0.4, 0.5) is 0 Å². The zero-order chi connectivity index (χ0) is 12.7. The number of aromatic nitrogens is 2. The van der Waals surface area contributed by atoms with Crippen LogP contribution in [0.3, 0.4) is 0 Å². The van der Waals surface area contributed by atoms with Gasteiger partial charge in [-0.3, -0.25) is 0 Å². The van der Waals surface area contributed by atoms with Gasteiger partial charge in [0.2, 0.25) is 0 Å². The maximum absolute atomic E-state index is 3.98. The van der Waals surface area contributed by atoms with Crippen LogP contribution in [0.1, 0.15) is 27.0 Å². The number of unbranched alkanes of at least 4 members (excludes halogenated alkanes) is 1. The van der Waals surface area contributed by atoms with Crippen molar-refractivity contribution in [3.05, 3.63) is 30.6 Å². The molecule has 18 heavy (non-hydrogen) atoms. The molecule has 0 atom stereocenters. The van der Waals surface area contributed by atoms with E-state index in [4.69, 9.17) is 0 Å². The fraction of sp³-hybridized carbons (Fsp3) is 0.615. The summed E-state index contributed by atoms with van der Waals surface area (Å²) in [5.41, 5.74) is 0. The molecule has 1 aliphatic rings. The molecule has 1 aliphatic heterocycles. The van der Waals surface area contributed by atoms with Gasteiger partial charge in [0.25, 0.3) is 0 Å². The van der Waals surface area contributed by atoms with E-state index < -0.39 is 0 Å². The average Bonchev–Trinajstić information content (AvgIpc) is 2.87. The van der Waals surface area contributed by atoms with Crippen LogP contribution in [0.25, 0.3) is 0 Å². The Labute approximate surface area is 134 Å². The minimum Gasteiger partial charge on any atom is -1.00 e. The molecule has 1 aromatic heterocycles. The third-order valence-electron chi connectivity index (χ3n) is 2.80. The van der Waals surface area contributed by atoms with Gasteiger partial charge in [0.1, 0.15) is 5.82 Å². The number of rotatable bonds is 3. The van der Waals surface area contributed by atoms with Crippen molar-refractivity contribution in [2.45, 2.75) is 26.7 Å². The molecule has 2 rings (SSSR count). The maximum Gasteiger partial charge on any atom is 1.00 e. The maximum atomic E-state index is 3.98. The van der Waals surface area contributed by atoms with Crippen molar-refractivity contribution in [3.63, 3.8) is 0 Å². The smallest absolute Gasteiger partial charge is 1.00 e. The van der Waals surface area contributed by atoms with Gasteiger partial charge >= 0.3 is 29.6 Å². The molecule has 0 spiro atoms. The molecule has 0 radical (unpaired) electrons. The fourth-order valence-electron chi connectivity index (χ4n) is 1.54. The summed E-state index contributed by atoms with van der Waals surface area (Å²) in [7, 11) is 4.07. The minimum absolute atomic E-state index is 0. The molecule has 4 nitrogen and oxygen atoms in total. The topological polar surface area (TPSA) is 24.3 Å². The van der Waals surface area contributed by atoms with Crippen LogP contribution < -0.4 is 29.6 Å². The van der Waals surface area contributed by atoms with Crippen molar-refractivity contribution < 1.29 is 31.0 Å². The van der Waals surface area contributed by atoms with Gasteiger partial charge < -0.3 is 15.8 Å². The van der Waals surface area contributed by atoms with Crippen LogP contribution >= 0.6 is 0 Å². The molecular weight excluding hydrogens is 235 g/mol. The van der Waals surface area contributed by atoms with Crippen LogP contribution in [-0.4, -0.2) is 39.6 Å². The molecule has 0 amide bonds. The summed E-state index contributed by atoms with van der Waals surface area (Å²) < 4.78 is 1.97. The molecule has 0 N–H and O–H groups in total. The van der Waals surface area contributed by atoms with Gasteiger partial charge in [-0.15, -0.1) is 0 Å². The van der Waals surface area contributed by atoms with Gasteiger partial charge in [-0.1, -0.05) is 13.3 Å². The largest absolute Gasteiger partial charge is 1.00 e. The second kappa shape index (κ2) is 9.48. The van der Waals surface area contributed by atoms with Gasteiger partial charge in [0.15, 0.2) is 0 Å². The Bertz CT molecular complexity index is 338. The predicted molar refractivity (Wildman–Crippen MR) is 72.4 cm³/mol. The first-order chi connectivity index (χ1) is 8.13. The van der Waals surface area contributed by atoms with Gasteiger partial charge in [0, 0.05) is 45.4 Å². The number of nitrogens with zero attached hydrogens (tertiary/aromatic N) is 4. The second-order valence-electron chi connectivity index (χ2n) is 4.45. The monoisotopic (exact) mass is 260 g/mol. The van der Waals surface area contributed by atoms with Gasteiger partial charge in [0.05, 0.1) is 6.67 Å². The SMILES string of the molecule is CCCCN1C=CN(C)C1.Cc1nccn1C.[H-].[Na+]. The van der Waals surface area contributed by atoms with Crippen LogP contribution in [0.15, 0.2) is 24.8 Å². The number of hydrogen-bond acceptors (Lipinski definition) is 3. The zero-order valence-corrected chi connectivity index (χ0v) is 14.4. The van der Waals surface area contributed by atoms with Gasteiger partial charge in [-0.2, -0.15) is 0 Å². The van der Waals surface area contributed by atoms with Crippen LogP contribution in [0.5, 0.6) is 0 Å². The number of hydrogen-bond donors (Lipinski definition) is 0. The van der Waals surface area contributed by atoms with E-state index in [2.05, 4.69) is 41.2 Å². The molecule has 0 aliphatic carbocycles. The molecule has 2 heterocycles. The van der Waals surface area contributed by atoms with E-state index in [-0.39, 0.29) is 31.0 Å². The van der Waals surface area contributed by atoms with Crippen molar-refractivity contribution in [2.24, 2.45) is 7.05 Å². The number of aryl methyl sites for hydroxylation is 2.